The van der Waals surface area contributed by atoms with Gasteiger partial charge in [0, 0.05) is 33.3 Å². The van der Waals surface area contributed by atoms with Crippen LogP contribution in [0.5, 0.6) is 0 Å². The molecule has 0 spiro atoms. The number of ether oxygens (including phenoxy) is 1. The normalized spacial score (nSPS) is 18.3. The van der Waals surface area contributed by atoms with E-state index in [2.05, 4.69) is 25.9 Å². The first kappa shape index (κ1) is 16.7. The molecule has 0 aliphatic carbocycles. The molecule has 2 heterocycles. The number of carbonyl (C=O) groups excluding carboxylic acids is 1. The van der Waals surface area contributed by atoms with Gasteiger partial charge >= 0.3 is 0 Å². The highest BCUT2D eigenvalue weighted by Crippen LogP contribution is 2.11. The average molecular weight is 325 g/mol. The molecule has 1 aromatic rings. The van der Waals surface area contributed by atoms with Gasteiger partial charge < -0.3 is 20.7 Å². The Hall–Kier alpha value is -1.67. The zero-order valence-corrected chi connectivity index (χ0v) is 13.8. The van der Waals surface area contributed by atoms with Crippen molar-refractivity contribution in [2.75, 3.05) is 33.3 Å². The van der Waals surface area contributed by atoms with Gasteiger partial charge in [-0.05, 0) is 19.8 Å². The van der Waals surface area contributed by atoms with Crippen LogP contribution in [0.25, 0.3) is 0 Å². The van der Waals surface area contributed by atoms with E-state index in [1.54, 1.807) is 12.6 Å². The maximum Gasteiger partial charge on any atom is 0.263 e. The fourth-order valence-corrected chi connectivity index (χ4v) is 2.91. The first-order valence-electron chi connectivity index (χ1n) is 7.45. The van der Waals surface area contributed by atoms with Crippen molar-refractivity contribution in [1.29, 1.82) is 0 Å². The standard InChI is InChI=1S/C14H23N5O2S/c1-10-12(22-9-19-10)13(20)16-5-6-17-14(15-2)18-8-11-4-3-7-21-11/h9,11H,3-8H2,1-2H3,(H,16,20)(H2,15,17,18). The van der Waals surface area contributed by atoms with E-state index in [0.29, 0.717) is 18.0 Å². The number of nitrogens with zero attached hydrogens (tertiary/aromatic N) is 2. The Morgan fingerprint density at radius 2 is 2.27 bits per heavy atom. The van der Waals surface area contributed by atoms with E-state index in [0.717, 1.165) is 37.6 Å². The third kappa shape index (κ3) is 4.96. The van der Waals surface area contributed by atoms with Gasteiger partial charge in [-0.1, -0.05) is 0 Å². The molecule has 2 rings (SSSR count). The summed E-state index contributed by atoms with van der Waals surface area (Å²) in [6.45, 7) is 4.57. The number of hydrogen-bond acceptors (Lipinski definition) is 5. The zero-order chi connectivity index (χ0) is 15.8. The molecule has 0 saturated carbocycles. The van der Waals surface area contributed by atoms with Crippen LogP contribution >= 0.6 is 11.3 Å². The van der Waals surface area contributed by atoms with Gasteiger partial charge in [-0.2, -0.15) is 0 Å². The number of rotatable bonds is 6. The molecule has 0 radical (unpaired) electrons. The molecule has 1 fully saturated rings. The van der Waals surface area contributed by atoms with Gasteiger partial charge in [-0.15, -0.1) is 11.3 Å². The van der Waals surface area contributed by atoms with Crippen molar-refractivity contribution in [3.8, 4) is 0 Å². The first-order chi connectivity index (χ1) is 10.7. The van der Waals surface area contributed by atoms with E-state index in [9.17, 15) is 4.79 Å². The molecule has 1 amide bonds. The van der Waals surface area contributed by atoms with Crippen LogP contribution < -0.4 is 16.0 Å². The van der Waals surface area contributed by atoms with Crippen LogP contribution in [0.1, 0.15) is 28.2 Å². The molecule has 122 valence electrons. The number of thiazole rings is 1. The van der Waals surface area contributed by atoms with E-state index in [4.69, 9.17) is 4.74 Å². The van der Waals surface area contributed by atoms with Crippen LogP contribution in [0.4, 0.5) is 0 Å². The van der Waals surface area contributed by atoms with Crippen LogP contribution in [-0.4, -0.2) is 56.2 Å². The lowest BCUT2D eigenvalue weighted by Crippen LogP contribution is -2.43. The predicted octanol–water partition coefficient (Wildman–Crippen LogP) is 0.525. The van der Waals surface area contributed by atoms with Crippen molar-refractivity contribution in [2.24, 2.45) is 4.99 Å². The largest absolute Gasteiger partial charge is 0.376 e. The summed E-state index contributed by atoms with van der Waals surface area (Å²) in [5.74, 6) is 0.642. The molecule has 1 aliphatic heterocycles. The molecule has 1 unspecified atom stereocenters. The minimum Gasteiger partial charge on any atom is -0.376 e. The Balaban J connectivity index is 1.62. The lowest BCUT2D eigenvalue weighted by atomic mass is 10.2. The molecular formula is C14H23N5O2S. The fraction of sp³-hybridized carbons (Fsp3) is 0.643. The molecule has 22 heavy (non-hydrogen) atoms. The number of aryl methyl sites for hydroxylation is 1. The van der Waals surface area contributed by atoms with Crippen LogP contribution in [0.2, 0.25) is 0 Å². The van der Waals surface area contributed by atoms with E-state index in [1.165, 1.54) is 11.3 Å². The van der Waals surface area contributed by atoms with Crippen LogP contribution in [0, 0.1) is 6.92 Å². The Kier molecular flexibility index (Phi) is 6.60. The summed E-state index contributed by atoms with van der Waals surface area (Å²) in [7, 11) is 1.73. The molecule has 3 N–H and O–H groups in total. The second kappa shape index (κ2) is 8.70. The van der Waals surface area contributed by atoms with E-state index in [-0.39, 0.29) is 12.0 Å². The molecule has 1 atom stereocenters. The lowest BCUT2D eigenvalue weighted by molar-refractivity contribution is 0.0957. The number of guanidine groups is 1. The first-order valence-corrected chi connectivity index (χ1v) is 8.33. The minimum atomic E-state index is -0.0795. The number of carbonyl (C=O) groups is 1. The molecule has 8 heteroatoms. The van der Waals surface area contributed by atoms with E-state index >= 15 is 0 Å². The zero-order valence-electron chi connectivity index (χ0n) is 13.0. The SMILES string of the molecule is CN=C(NCCNC(=O)c1scnc1C)NCC1CCCO1. The Morgan fingerprint density at radius 3 is 2.91 bits per heavy atom. The Bertz CT molecular complexity index is 511. The number of hydrogen-bond donors (Lipinski definition) is 3. The summed E-state index contributed by atoms with van der Waals surface area (Å²) in [6.07, 6.45) is 2.49. The predicted molar refractivity (Wildman–Crippen MR) is 87.5 cm³/mol. The van der Waals surface area contributed by atoms with Crippen molar-refractivity contribution >= 4 is 23.2 Å². The van der Waals surface area contributed by atoms with Crippen molar-refractivity contribution in [2.45, 2.75) is 25.9 Å². The summed E-state index contributed by atoms with van der Waals surface area (Å²) in [5, 5.41) is 9.26. The highest BCUT2D eigenvalue weighted by molar-refractivity contribution is 7.11. The number of aromatic nitrogens is 1. The summed E-state index contributed by atoms with van der Waals surface area (Å²) < 4.78 is 5.55. The maximum absolute atomic E-state index is 11.9. The molecule has 1 aliphatic rings. The summed E-state index contributed by atoms with van der Waals surface area (Å²) >= 11 is 1.36. The van der Waals surface area contributed by atoms with Gasteiger partial charge in [0.2, 0.25) is 0 Å². The maximum atomic E-state index is 11.9. The van der Waals surface area contributed by atoms with Crippen molar-refractivity contribution in [3.63, 3.8) is 0 Å². The van der Waals surface area contributed by atoms with E-state index < -0.39 is 0 Å². The molecule has 1 aromatic heterocycles. The quantitative estimate of drug-likeness (QED) is 0.403. The topological polar surface area (TPSA) is 87.6 Å². The van der Waals surface area contributed by atoms with Gasteiger partial charge in [0.25, 0.3) is 5.91 Å². The van der Waals surface area contributed by atoms with Gasteiger partial charge in [-0.25, -0.2) is 4.98 Å². The number of aliphatic imine (C=N–C) groups is 1. The van der Waals surface area contributed by atoms with Gasteiger partial charge in [0.15, 0.2) is 5.96 Å². The average Bonchev–Trinajstić information content (AvgIpc) is 3.17. The monoisotopic (exact) mass is 325 g/mol. The molecule has 7 nitrogen and oxygen atoms in total. The van der Waals surface area contributed by atoms with E-state index in [1.807, 2.05) is 6.92 Å². The summed E-state index contributed by atoms with van der Waals surface area (Å²) in [4.78, 5) is 20.8. The highest BCUT2D eigenvalue weighted by atomic mass is 32.1. The Morgan fingerprint density at radius 1 is 1.45 bits per heavy atom. The van der Waals surface area contributed by atoms with Gasteiger partial charge in [0.1, 0.15) is 4.88 Å². The Labute approximate surface area is 134 Å². The van der Waals surface area contributed by atoms with Gasteiger partial charge in [-0.3, -0.25) is 9.79 Å². The van der Waals surface area contributed by atoms with Crippen molar-refractivity contribution < 1.29 is 9.53 Å². The van der Waals surface area contributed by atoms with Crippen molar-refractivity contribution in [3.05, 3.63) is 16.1 Å². The van der Waals surface area contributed by atoms with Gasteiger partial charge in [0.05, 0.1) is 17.3 Å². The number of nitrogens with one attached hydrogen (secondary N) is 3. The third-order valence-electron chi connectivity index (χ3n) is 3.40. The number of amides is 1. The fourth-order valence-electron chi connectivity index (χ4n) is 2.19. The van der Waals surface area contributed by atoms with Crippen LogP contribution in [0.15, 0.2) is 10.5 Å². The second-order valence-corrected chi connectivity index (χ2v) is 5.89. The lowest BCUT2D eigenvalue weighted by Gasteiger charge is -2.15. The molecular weight excluding hydrogens is 302 g/mol. The third-order valence-corrected chi connectivity index (χ3v) is 4.33. The van der Waals surface area contributed by atoms with Crippen LogP contribution in [-0.2, 0) is 4.74 Å². The molecule has 0 aromatic carbocycles. The highest BCUT2D eigenvalue weighted by Gasteiger charge is 2.15. The van der Waals surface area contributed by atoms with Crippen molar-refractivity contribution in [1.82, 2.24) is 20.9 Å². The van der Waals surface area contributed by atoms with Crippen LogP contribution in [0.3, 0.4) is 0 Å². The molecule has 0 bridgehead atoms. The molecule has 1 saturated heterocycles. The second-order valence-electron chi connectivity index (χ2n) is 5.04. The smallest absolute Gasteiger partial charge is 0.263 e. The minimum absolute atomic E-state index is 0.0795. The summed E-state index contributed by atoms with van der Waals surface area (Å²) in [5.41, 5.74) is 2.45. The summed E-state index contributed by atoms with van der Waals surface area (Å²) in [6, 6.07) is 0.